The predicted molar refractivity (Wildman–Crippen MR) is 99.3 cm³/mol. The Morgan fingerprint density at radius 1 is 1.14 bits per heavy atom. The van der Waals surface area contributed by atoms with Crippen molar-refractivity contribution in [3.8, 4) is 0 Å². The molecule has 158 valence electrons. The molecule has 3 aliphatic rings. The number of nitrogens with one attached hydrogen (secondary N) is 1. The fourth-order valence-electron chi connectivity index (χ4n) is 4.93. The Kier molecular flexibility index (Phi) is 5.96. The summed E-state index contributed by atoms with van der Waals surface area (Å²) in [5.41, 5.74) is 4.96. The predicted octanol–water partition coefficient (Wildman–Crippen LogP) is 2.21. The number of rotatable bonds is 7. The number of halogens is 2. The lowest BCUT2D eigenvalue weighted by Crippen LogP contribution is -2.49. The van der Waals surface area contributed by atoms with E-state index in [0.717, 1.165) is 25.7 Å². The average molecular weight is 399 g/mol. The average Bonchev–Trinajstić information content (AvgIpc) is 3.31. The van der Waals surface area contributed by atoms with E-state index in [1.54, 1.807) is 11.8 Å². The van der Waals surface area contributed by atoms with Crippen LogP contribution >= 0.6 is 0 Å². The molecule has 0 spiro atoms. The number of likely N-dealkylation sites (tertiary alicyclic amines) is 1. The van der Waals surface area contributed by atoms with Crippen LogP contribution in [0.5, 0.6) is 0 Å². The number of nitrogens with zero attached hydrogens (tertiary/aromatic N) is 1. The molecule has 2 unspecified atom stereocenters. The van der Waals surface area contributed by atoms with Crippen molar-refractivity contribution in [1.29, 1.82) is 0 Å². The number of hydrogen-bond donors (Lipinski definition) is 2. The second-order valence-corrected chi connectivity index (χ2v) is 9.04. The van der Waals surface area contributed by atoms with E-state index < -0.39 is 17.7 Å². The van der Waals surface area contributed by atoms with Gasteiger partial charge in [0.15, 0.2) is 0 Å². The minimum atomic E-state index is -2.62. The van der Waals surface area contributed by atoms with Gasteiger partial charge in [-0.3, -0.25) is 14.4 Å². The topological polar surface area (TPSA) is 92.5 Å². The van der Waals surface area contributed by atoms with Crippen molar-refractivity contribution in [2.75, 3.05) is 13.1 Å². The Balaban J connectivity index is 1.45. The summed E-state index contributed by atoms with van der Waals surface area (Å²) in [5.74, 6) is -3.59. The van der Waals surface area contributed by atoms with E-state index in [1.807, 2.05) is 0 Å². The Labute approximate surface area is 164 Å². The molecule has 1 heterocycles. The summed E-state index contributed by atoms with van der Waals surface area (Å²) in [7, 11) is 0. The Morgan fingerprint density at radius 3 is 2.29 bits per heavy atom. The van der Waals surface area contributed by atoms with Crippen LogP contribution in [0.3, 0.4) is 0 Å². The number of hydrogen-bond acceptors (Lipinski definition) is 3. The van der Waals surface area contributed by atoms with E-state index in [4.69, 9.17) is 5.73 Å². The van der Waals surface area contributed by atoms with Gasteiger partial charge in [0.05, 0.1) is 0 Å². The molecule has 8 heteroatoms. The highest BCUT2D eigenvalue weighted by Gasteiger charge is 2.51. The minimum absolute atomic E-state index is 0.0479. The maximum atomic E-state index is 13.3. The molecule has 3 amide bonds. The first-order chi connectivity index (χ1) is 13.1. The Morgan fingerprint density at radius 2 is 1.79 bits per heavy atom. The van der Waals surface area contributed by atoms with Crippen molar-refractivity contribution in [3.05, 3.63) is 0 Å². The molecule has 0 aromatic carbocycles. The van der Waals surface area contributed by atoms with E-state index in [-0.39, 0.29) is 49.0 Å². The third-order valence-corrected chi connectivity index (χ3v) is 6.67. The lowest BCUT2D eigenvalue weighted by Gasteiger charge is -2.37. The minimum Gasteiger partial charge on any atom is -0.370 e. The molecule has 3 rings (SSSR count). The normalized spacial score (nSPS) is 27.2. The lowest BCUT2D eigenvalue weighted by atomic mass is 9.86. The van der Waals surface area contributed by atoms with Gasteiger partial charge in [0.1, 0.15) is 0 Å². The zero-order chi connectivity index (χ0) is 20.5. The molecule has 2 aliphatic carbocycles. The molecule has 0 radical (unpaired) electrons. The van der Waals surface area contributed by atoms with E-state index in [2.05, 4.69) is 5.32 Å². The van der Waals surface area contributed by atoms with Crippen LogP contribution < -0.4 is 11.1 Å². The first-order valence-electron chi connectivity index (χ1n) is 10.4. The van der Waals surface area contributed by atoms with Gasteiger partial charge < -0.3 is 16.0 Å². The van der Waals surface area contributed by atoms with Crippen LogP contribution in [-0.2, 0) is 14.4 Å². The largest absolute Gasteiger partial charge is 0.370 e. The van der Waals surface area contributed by atoms with Crippen LogP contribution in [0.15, 0.2) is 0 Å². The van der Waals surface area contributed by atoms with Gasteiger partial charge in [-0.1, -0.05) is 6.92 Å². The molecule has 0 aromatic rings. The fourth-order valence-corrected chi connectivity index (χ4v) is 4.93. The van der Waals surface area contributed by atoms with Crippen LogP contribution in [0.1, 0.15) is 64.7 Å². The first kappa shape index (κ1) is 21.0. The summed E-state index contributed by atoms with van der Waals surface area (Å²) >= 11 is 0. The van der Waals surface area contributed by atoms with Gasteiger partial charge in [-0.05, 0) is 43.9 Å². The monoisotopic (exact) mass is 399 g/mol. The van der Waals surface area contributed by atoms with Crippen LogP contribution in [0.4, 0.5) is 8.78 Å². The van der Waals surface area contributed by atoms with Crippen LogP contribution in [0, 0.1) is 17.8 Å². The van der Waals surface area contributed by atoms with Gasteiger partial charge in [-0.15, -0.1) is 0 Å². The second-order valence-electron chi connectivity index (χ2n) is 9.04. The molecule has 3 N–H and O–H groups in total. The Bertz CT molecular complexity index is 628. The summed E-state index contributed by atoms with van der Waals surface area (Å²) in [5, 5.41) is 3.14. The molecule has 28 heavy (non-hydrogen) atoms. The van der Waals surface area contributed by atoms with Crippen molar-refractivity contribution in [2.24, 2.45) is 23.5 Å². The van der Waals surface area contributed by atoms with Crippen molar-refractivity contribution >= 4 is 17.7 Å². The molecular formula is C20H31F2N3O3. The van der Waals surface area contributed by atoms with Crippen molar-refractivity contribution in [2.45, 2.75) is 76.2 Å². The standard InChI is InChI=1S/C20H31F2N3O3/c1-13(10-16(23)26)18(28)25-8-3-15(4-9-25)19(6-7-19)24-17(27)11-14-2-5-20(21,22)12-14/h13-15H,2-12H2,1H3,(H2,23,26)(H,24,27). The van der Waals surface area contributed by atoms with Crippen LogP contribution in [0.2, 0.25) is 0 Å². The molecule has 1 saturated heterocycles. The molecule has 0 aromatic heterocycles. The summed E-state index contributed by atoms with van der Waals surface area (Å²) in [4.78, 5) is 37.6. The zero-order valence-corrected chi connectivity index (χ0v) is 16.5. The summed E-state index contributed by atoms with van der Waals surface area (Å²) < 4.78 is 26.6. The van der Waals surface area contributed by atoms with Gasteiger partial charge in [-0.25, -0.2) is 8.78 Å². The van der Waals surface area contributed by atoms with Gasteiger partial charge in [-0.2, -0.15) is 0 Å². The van der Waals surface area contributed by atoms with E-state index in [0.29, 0.717) is 25.4 Å². The zero-order valence-electron chi connectivity index (χ0n) is 16.5. The lowest BCUT2D eigenvalue weighted by molar-refractivity contribution is -0.139. The third kappa shape index (κ3) is 5.00. The summed E-state index contributed by atoms with van der Waals surface area (Å²) in [6.07, 6.45) is 3.78. The van der Waals surface area contributed by atoms with Crippen LogP contribution in [-0.4, -0.2) is 47.2 Å². The van der Waals surface area contributed by atoms with E-state index in [9.17, 15) is 23.2 Å². The smallest absolute Gasteiger partial charge is 0.248 e. The fraction of sp³-hybridized carbons (Fsp3) is 0.850. The molecule has 2 atom stereocenters. The van der Waals surface area contributed by atoms with Crippen LogP contribution in [0.25, 0.3) is 0 Å². The third-order valence-electron chi connectivity index (χ3n) is 6.67. The summed E-state index contributed by atoms with van der Waals surface area (Å²) in [6.45, 7) is 2.94. The van der Waals surface area contributed by atoms with Gasteiger partial charge in [0, 0.05) is 50.2 Å². The number of piperidine rings is 1. The quantitative estimate of drug-likeness (QED) is 0.687. The molecule has 2 saturated carbocycles. The number of carbonyl (C=O) groups excluding carboxylic acids is 3. The van der Waals surface area contributed by atoms with Gasteiger partial charge >= 0.3 is 0 Å². The highest BCUT2D eigenvalue weighted by molar-refractivity contribution is 5.84. The first-order valence-corrected chi connectivity index (χ1v) is 10.4. The highest BCUT2D eigenvalue weighted by atomic mass is 19.3. The second kappa shape index (κ2) is 7.95. The number of carbonyl (C=O) groups is 3. The molecular weight excluding hydrogens is 368 g/mol. The highest BCUT2D eigenvalue weighted by Crippen LogP contribution is 2.47. The van der Waals surface area contributed by atoms with Crippen molar-refractivity contribution in [3.63, 3.8) is 0 Å². The Hall–Kier alpha value is -1.73. The molecule has 3 fully saturated rings. The molecule has 0 bridgehead atoms. The number of nitrogens with two attached hydrogens (primary N) is 1. The number of amides is 3. The maximum Gasteiger partial charge on any atom is 0.248 e. The summed E-state index contributed by atoms with van der Waals surface area (Å²) in [6, 6.07) is 0. The number of alkyl halides is 2. The van der Waals surface area contributed by atoms with Gasteiger partial charge in [0.25, 0.3) is 0 Å². The van der Waals surface area contributed by atoms with Crippen molar-refractivity contribution < 1.29 is 23.2 Å². The molecule has 6 nitrogen and oxygen atoms in total. The van der Waals surface area contributed by atoms with Crippen molar-refractivity contribution in [1.82, 2.24) is 10.2 Å². The van der Waals surface area contributed by atoms with E-state index in [1.165, 1.54) is 0 Å². The van der Waals surface area contributed by atoms with Gasteiger partial charge in [0.2, 0.25) is 23.6 Å². The molecule has 1 aliphatic heterocycles. The maximum absolute atomic E-state index is 13.3. The number of primary amides is 1. The SMILES string of the molecule is CC(CC(N)=O)C(=O)N1CCC(C2(NC(=O)CC3CCC(F)(F)C3)CC2)CC1. The van der Waals surface area contributed by atoms with E-state index >= 15 is 0 Å².